The Kier molecular flexibility index (Phi) is 3.76. The number of rotatable bonds is 4. The van der Waals surface area contributed by atoms with Crippen molar-refractivity contribution in [2.24, 2.45) is 0 Å². The number of sulfonamides is 1. The maximum atomic E-state index is 13.8. The highest BCUT2D eigenvalue weighted by Crippen LogP contribution is 2.38. The van der Waals surface area contributed by atoms with Gasteiger partial charge in [0.25, 0.3) is 0 Å². The molecule has 1 saturated heterocycles. The number of benzene rings is 1. The van der Waals surface area contributed by atoms with Crippen LogP contribution >= 0.6 is 0 Å². The molecule has 24 heavy (non-hydrogen) atoms. The van der Waals surface area contributed by atoms with Crippen molar-refractivity contribution in [3.05, 3.63) is 35.9 Å². The average molecular weight is 352 g/mol. The second kappa shape index (κ2) is 5.82. The second-order valence-corrected chi connectivity index (χ2v) is 7.94. The first-order valence-corrected chi connectivity index (χ1v) is 9.33. The first-order valence-electron chi connectivity index (χ1n) is 7.89. The van der Waals surface area contributed by atoms with Crippen LogP contribution in [0.15, 0.2) is 33.7 Å². The summed E-state index contributed by atoms with van der Waals surface area (Å²) in [6.45, 7) is 1.36. The van der Waals surface area contributed by atoms with E-state index in [0.29, 0.717) is 25.0 Å². The number of aromatic nitrogens is 2. The predicted octanol–water partition coefficient (Wildman–Crippen LogP) is 1.60. The normalized spacial score (nSPS) is 19.6. The molecule has 1 aromatic carbocycles. The minimum absolute atomic E-state index is 0.248. The molecule has 0 amide bonds. The number of hydrogen-bond donors (Lipinski definition) is 0. The van der Waals surface area contributed by atoms with E-state index in [1.165, 1.54) is 22.5 Å². The van der Waals surface area contributed by atoms with Gasteiger partial charge in [0, 0.05) is 32.1 Å². The van der Waals surface area contributed by atoms with Crippen LogP contribution in [0.2, 0.25) is 0 Å². The molecule has 0 N–H and O–H groups in total. The smallest absolute Gasteiger partial charge is 0.322 e. The van der Waals surface area contributed by atoms with Crippen LogP contribution < -0.4 is 4.90 Å². The van der Waals surface area contributed by atoms with Crippen molar-refractivity contribution in [3.63, 3.8) is 0 Å². The van der Waals surface area contributed by atoms with Gasteiger partial charge in [-0.3, -0.25) is 0 Å². The largest absolute Gasteiger partial charge is 0.324 e. The summed E-state index contributed by atoms with van der Waals surface area (Å²) in [5, 5.41) is 3.97. The Morgan fingerprint density at radius 3 is 2.50 bits per heavy atom. The molecule has 7 nitrogen and oxygen atoms in total. The third-order valence-electron chi connectivity index (χ3n) is 4.34. The molecule has 2 aliphatic rings. The molecule has 0 radical (unpaired) electrons. The van der Waals surface area contributed by atoms with Gasteiger partial charge in [0.2, 0.25) is 10.0 Å². The minimum atomic E-state index is -3.83. The molecule has 1 aliphatic heterocycles. The van der Waals surface area contributed by atoms with Crippen molar-refractivity contribution in [3.8, 4) is 0 Å². The van der Waals surface area contributed by atoms with Gasteiger partial charge in [-0.2, -0.15) is 9.29 Å². The Bertz CT molecular complexity index is 842. The fourth-order valence-electron chi connectivity index (χ4n) is 2.77. The summed E-state index contributed by atoms with van der Waals surface area (Å²) in [6, 6.07) is 5.86. The number of piperazine rings is 1. The highest BCUT2D eigenvalue weighted by molar-refractivity contribution is 7.89. The summed E-state index contributed by atoms with van der Waals surface area (Å²) in [5.74, 6) is 0.405. The number of halogens is 1. The standard InChI is InChI=1S/C15H17FN4O3S/c16-12-3-1-2-4-13(12)24(21,22)20-9-7-19(8-10-20)15-17-14(18-23-15)11-5-6-11/h1-4,11H,5-10H2. The minimum Gasteiger partial charge on any atom is -0.322 e. The number of nitrogens with zero attached hydrogens (tertiary/aromatic N) is 4. The zero-order valence-electron chi connectivity index (χ0n) is 12.9. The summed E-state index contributed by atoms with van der Waals surface area (Å²) in [7, 11) is -3.83. The van der Waals surface area contributed by atoms with Crippen LogP contribution in [-0.4, -0.2) is 49.0 Å². The Balaban J connectivity index is 1.46. The second-order valence-electron chi connectivity index (χ2n) is 6.03. The summed E-state index contributed by atoms with van der Waals surface area (Å²) in [4.78, 5) is 5.96. The lowest BCUT2D eigenvalue weighted by molar-refractivity contribution is 0.352. The monoisotopic (exact) mass is 352 g/mol. The molecule has 0 unspecified atom stereocenters. The summed E-state index contributed by atoms with van der Waals surface area (Å²) < 4.78 is 45.5. The molecule has 2 heterocycles. The van der Waals surface area contributed by atoms with E-state index in [9.17, 15) is 12.8 Å². The van der Waals surface area contributed by atoms with E-state index >= 15 is 0 Å². The Hall–Kier alpha value is -2.00. The summed E-state index contributed by atoms with van der Waals surface area (Å²) in [5.41, 5.74) is 0. The molecule has 2 fully saturated rings. The van der Waals surface area contributed by atoms with E-state index in [2.05, 4.69) is 10.1 Å². The van der Waals surface area contributed by atoms with Gasteiger partial charge >= 0.3 is 6.01 Å². The van der Waals surface area contributed by atoms with Gasteiger partial charge in [-0.25, -0.2) is 12.8 Å². The number of anilines is 1. The van der Waals surface area contributed by atoms with Crippen LogP contribution in [-0.2, 0) is 10.0 Å². The SMILES string of the molecule is O=S(=O)(c1ccccc1F)N1CCN(c2nc(C3CC3)no2)CC1. The molecule has 1 aromatic heterocycles. The molecular formula is C15H17FN4O3S. The molecular weight excluding hydrogens is 335 g/mol. The zero-order chi connectivity index (χ0) is 16.7. The van der Waals surface area contributed by atoms with Gasteiger partial charge < -0.3 is 9.42 Å². The van der Waals surface area contributed by atoms with Crippen molar-refractivity contribution < 1.29 is 17.3 Å². The van der Waals surface area contributed by atoms with Crippen LogP contribution in [0.4, 0.5) is 10.4 Å². The molecule has 2 aromatic rings. The highest BCUT2D eigenvalue weighted by Gasteiger charge is 2.33. The lowest BCUT2D eigenvalue weighted by Gasteiger charge is -2.32. The summed E-state index contributed by atoms with van der Waals surface area (Å²) >= 11 is 0. The maximum absolute atomic E-state index is 13.8. The molecule has 128 valence electrons. The van der Waals surface area contributed by atoms with E-state index in [1.807, 2.05) is 4.90 Å². The van der Waals surface area contributed by atoms with Crippen molar-refractivity contribution in [1.82, 2.24) is 14.4 Å². The summed E-state index contributed by atoms with van der Waals surface area (Å²) in [6.07, 6.45) is 2.18. The van der Waals surface area contributed by atoms with Crippen molar-refractivity contribution in [2.45, 2.75) is 23.7 Å². The van der Waals surface area contributed by atoms with Crippen LogP contribution in [0.3, 0.4) is 0 Å². The molecule has 9 heteroatoms. The predicted molar refractivity (Wildman–Crippen MR) is 83.6 cm³/mol. The fourth-order valence-corrected chi connectivity index (χ4v) is 4.26. The molecule has 1 saturated carbocycles. The van der Waals surface area contributed by atoms with Gasteiger partial charge in [0.05, 0.1) is 0 Å². The van der Waals surface area contributed by atoms with Crippen LogP contribution in [0.5, 0.6) is 0 Å². The van der Waals surface area contributed by atoms with E-state index in [-0.39, 0.29) is 18.0 Å². The fraction of sp³-hybridized carbons (Fsp3) is 0.467. The molecule has 4 rings (SSSR count). The first-order chi connectivity index (χ1) is 11.6. The maximum Gasteiger partial charge on any atom is 0.324 e. The first kappa shape index (κ1) is 15.5. The quantitative estimate of drug-likeness (QED) is 0.831. The van der Waals surface area contributed by atoms with Crippen LogP contribution in [0.1, 0.15) is 24.6 Å². The lowest BCUT2D eigenvalue weighted by Crippen LogP contribution is -2.49. The van der Waals surface area contributed by atoms with E-state index in [1.54, 1.807) is 0 Å². The Morgan fingerprint density at radius 2 is 1.83 bits per heavy atom. The van der Waals surface area contributed by atoms with Crippen molar-refractivity contribution in [1.29, 1.82) is 0 Å². The lowest BCUT2D eigenvalue weighted by atomic mass is 10.3. The molecule has 1 aliphatic carbocycles. The molecule has 0 bridgehead atoms. The van der Waals surface area contributed by atoms with Gasteiger partial charge in [-0.05, 0) is 25.0 Å². The number of hydrogen-bond acceptors (Lipinski definition) is 6. The van der Waals surface area contributed by atoms with Gasteiger partial charge in [0.1, 0.15) is 10.7 Å². The third kappa shape index (κ3) is 2.78. The highest BCUT2D eigenvalue weighted by atomic mass is 32.2. The average Bonchev–Trinajstić information content (AvgIpc) is 3.32. The molecule has 0 spiro atoms. The Labute approximate surface area is 139 Å². The topological polar surface area (TPSA) is 79.5 Å². The van der Waals surface area contributed by atoms with Gasteiger partial charge in [-0.1, -0.05) is 17.3 Å². The van der Waals surface area contributed by atoms with Gasteiger partial charge in [0.15, 0.2) is 5.82 Å². The third-order valence-corrected chi connectivity index (χ3v) is 6.27. The zero-order valence-corrected chi connectivity index (χ0v) is 13.7. The van der Waals surface area contributed by atoms with Crippen molar-refractivity contribution >= 4 is 16.0 Å². The van der Waals surface area contributed by atoms with Crippen molar-refractivity contribution in [2.75, 3.05) is 31.1 Å². The van der Waals surface area contributed by atoms with E-state index in [4.69, 9.17) is 4.52 Å². The Morgan fingerprint density at radius 1 is 1.12 bits per heavy atom. The van der Waals surface area contributed by atoms with Crippen LogP contribution in [0.25, 0.3) is 0 Å². The van der Waals surface area contributed by atoms with E-state index < -0.39 is 15.8 Å². The molecule has 0 atom stereocenters. The van der Waals surface area contributed by atoms with Gasteiger partial charge in [-0.15, -0.1) is 0 Å². The van der Waals surface area contributed by atoms with Crippen LogP contribution in [0, 0.1) is 5.82 Å². The van der Waals surface area contributed by atoms with E-state index in [0.717, 1.165) is 24.7 Å².